The monoisotopic (exact) mass is 280 g/mol. The van der Waals surface area contributed by atoms with Crippen LogP contribution in [-0.4, -0.2) is 28.2 Å². The van der Waals surface area contributed by atoms with Gasteiger partial charge in [-0.1, -0.05) is 5.16 Å². The van der Waals surface area contributed by atoms with Gasteiger partial charge in [-0.25, -0.2) is 9.97 Å². The van der Waals surface area contributed by atoms with Crippen molar-refractivity contribution in [2.24, 2.45) is 0 Å². The highest BCUT2D eigenvalue weighted by atomic mass is 35.5. The Kier molecular flexibility index (Phi) is 4.50. The van der Waals surface area contributed by atoms with Crippen molar-refractivity contribution in [3.8, 4) is 11.3 Å². The summed E-state index contributed by atoms with van der Waals surface area (Å²) in [6.45, 7) is 4.01. The minimum Gasteiger partial charge on any atom is -0.356 e. The molecule has 0 unspecified atom stereocenters. The molecule has 6 heteroatoms. The third-order valence-corrected chi connectivity index (χ3v) is 3.36. The first-order valence-electron chi connectivity index (χ1n) is 6.29. The third kappa shape index (κ3) is 2.93. The van der Waals surface area contributed by atoms with E-state index in [0.717, 1.165) is 48.6 Å². The van der Waals surface area contributed by atoms with Crippen LogP contribution in [-0.2, 0) is 0 Å². The van der Waals surface area contributed by atoms with Gasteiger partial charge < -0.3 is 9.84 Å². The van der Waals surface area contributed by atoms with Crippen LogP contribution in [0.15, 0.2) is 23.1 Å². The Morgan fingerprint density at radius 3 is 2.79 bits per heavy atom. The number of piperidine rings is 1. The van der Waals surface area contributed by atoms with Gasteiger partial charge >= 0.3 is 0 Å². The van der Waals surface area contributed by atoms with Gasteiger partial charge in [-0.15, -0.1) is 12.4 Å². The second-order valence-electron chi connectivity index (χ2n) is 4.68. The number of nitrogens with zero attached hydrogens (tertiary/aromatic N) is 3. The normalized spacial score (nSPS) is 16.1. The lowest BCUT2D eigenvalue weighted by molar-refractivity contribution is 0.422. The lowest BCUT2D eigenvalue weighted by atomic mass is 9.91. The number of hydrogen-bond acceptors (Lipinski definition) is 5. The van der Waals surface area contributed by atoms with Crippen LogP contribution in [0, 0.1) is 6.92 Å². The first kappa shape index (κ1) is 14.0. The van der Waals surface area contributed by atoms with E-state index in [1.165, 1.54) is 0 Å². The van der Waals surface area contributed by atoms with E-state index < -0.39 is 0 Å². The fourth-order valence-corrected chi connectivity index (χ4v) is 2.44. The molecule has 0 aromatic carbocycles. The highest BCUT2D eigenvalue weighted by Crippen LogP contribution is 2.31. The molecule has 5 nitrogen and oxygen atoms in total. The number of nitrogens with one attached hydrogen (secondary N) is 1. The second kappa shape index (κ2) is 6.12. The van der Waals surface area contributed by atoms with E-state index in [4.69, 9.17) is 4.52 Å². The lowest BCUT2D eigenvalue weighted by Gasteiger charge is -2.23. The van der Waals surface area contributed by atoms with Gasteiger partial charge in [-0.05, 0) is 32.9 Å². The van der Waals surface area contributed by atoms with Crippen LogP contribution < -0.4 is 5.32 Å². The molecular weight excluding hydrogens is 264 g/mol. The summed E-state index contributed by atoms with van der Waals surface area (Å²) in [7, 11) is 0. The number of aryl methyl sites for hydroxylation is 1. The van der Waals surface area contributed by atoms with Crippen LogP contribution in [0.1, 0.15) is 30.1 Å². The summed E-state index contributed by atoms with van der Waals surface area (Å²) >= 11 is 0. The van der Waals surface area contributed by atoms with E-state index in [9.17, 15) is 0 Å². The minimum atomic E-state index is 0. The van der Waals surface area contributed by atoms with Gasteiger partial charge in [0.05, 0.1) is 17.0 Å². The van der Waals surface area contributed by atoms with E-state index in [-0.39, 0.29) is 12.4 Å². The first-order chi connectivity index (χ1) is 8.84. The van der Waals surface area contributed by atoms with Crippen LogP contribution >= 0.6 is 12.4 Å². The van der Waals surface area contributed by atoms with Gasteiger partial charge in [0, 0.05) is 18.2 Å². The summed E-state index contributed by atoms with van der Waals surface area (Å²) in [5, 5.41) is 7.30. The van der Waals surface area contributed by atoms with Crippen molar-refractivity contribution in [3.05, 3.63) is 30.0 Å². The zero-order valence-corrected chi connectivity index (χ0v) is 11.6. The number of halogens is 1. The molecule has 1 aliphatic heterocycles. The molecule has 1 aliphatic rings. The Morgan fingerprint density at radius 1 is 1.32 bits per heavy atom. The van der Waals surface area contributed by atoms with E-state index in [2.05, 4.69) is 20.4 Å². The molecule has 0 spiro atoms. The fraction of sp³-hybridized carbons (Fsp3) is 0.462. The quantitative estimate of drug-likeness (QED) is 0.915. The summed E-state index contributed by atoms with van der Waals surface area (Å²) in [5.74, 6) is 1.25. The van der Waals surface area contributed by atoms with Crippen LogP contribution in [0.5, 0.6) is 0 Å². The van der Waals surface area contributed by atoms with Crippen molar-refractivity contribution in [3.63, 3.8) is 0 Å². The molecule has 0 atom stereocenters. The Bertz CT molecular complexity index is 537. The second-order valence-corrected chi connectivity index (χ2v) is 4.68. The Morgan fingerprint density at radius 2 is 2.11 bits per heavy atom. The van der Waals surface area contributed by atoms with Crippen molar-refractivity contribution in [1.82, 2.24) is 20.4 Å². The zero-order chi connectivity index (χ0) is 12.4. The molecule has 19 heavy (non-hydrogen) atoms. The smallest absolute Gasteiger partial charge is 0.170 e. The summed E-state index contributed by atoms with van der Waals surface area (Å²) in [6, 6.07) is 1.93. The van der Waals surface area contributed by atoms with Gasteiger partial charge in [-0.2, -0.15) is 0 Å². The van der Waals surface area contributed by atoms with Crippen molar-refractivity contribution >= 4 is 12.4 Å². The minimum absolute atomic E-state index is 0. The molecule has 1 fully saturated rings. The molecule has 3 heterocycles. The summed E-state index contributed by atoms with van der Waals surface area (Å²) in [6.07, 6.45) is 5.66. The van der Waals surface area contributed by atoms with Crippen molar-refractivity contribution < 1.29 is 4.52 Å². The van der Waals surface area contributed by atoms with Gasteiger partial charge in [0.2, 0.25) is 0 Å². The Balaban J connectivity index is 0.00000133. The molecule has 1 N–H and O–H groups in total. The fourth-order valence-electron chi connectivity index (χ4n) is 2.44. The summed E-state index contributed by atoms with van der Waals surface area (Å²) in [5.41, 5.74) is 2.94. The highest BCUT2D eigenvalue weighted by molar-refractivity contribution is 5.85. The van der Waals surface area contributed by atoms with E-state index >= 15 is 0 Å². The van der Waals surface area contributed by atoms with Crippen molar-refractivity contribution in [2.75, 3.05) is 13.1 Å². The van der Waals surface area contributed by atoms with Crippen molar-refractivity contribution in [2.45, 2.75) is 25.7 Å². The molecular formula is C13H17ClN4O. The largest absolute Gasteiger partial charge is 0.356 e. The van der Waals surface area contributed by atoms with E-state index in [0.29, 0.717) is 5.92 Å². The molecule has 0 amide bonds. The van der Waals surface area contributed by atoms with Gasteiger partial charge in [0.1, 0.15) is 6.33 Å². The number of rotatable bonds is 2. The topological polar surface area (TPSA) is 63.8 Å². The third-order valence-electron chi connectivity index (χ3n) is 3.36. The van der Waals surface area contributed by atoms with Crippen molar-refractivity contribution in [1.29, 1.82) is 0 Å². The molecule has 0 radical (unpaired) electrons. The molecule has 0 aliphatic carbocycles. The zero-order valence-electron chi connectivity index (χ0n) is 10.8. The summed E-state index contributed by atoms with van der Waals surface area (Å²) < 4.78 is 5.34. The molecule has 2 aromatic rings. The molecule has 102 valence electrons. The highest BCUT2D eigenvalue weighted by Gasteiger charge is 2.21. The predicted molar refractivity (Wildman–Crippen MR) is 74.4 cm³/mol. The van der Waals surface area contributed by atoms with Crippen LogP contribution in [0.2, 0.25) is 0 Å². The van der Waals surface area contributed by atoms with E-state index in [1.54, 1.807) is 6.33 Å². The maximum Gasteiger partial charge on any atom is 0.170 e. The van der Waals surface area contributed by atoms with Gasteiger partial charge in [0.15, 0.2) is 5.76 Å². The lowest BCUT2D eigenvalue weighted by Crippen LogP contribution is -2.27. The maximum atomic E-state index is 5.34. The average Bonchev–Trinajstić information content (AvgIpc) is 2.86. The van der Waals surface area contributed by atoms with Crippen LogP contribution in [0.4, 0.5) is 0 Å². The van der Waals surface area contributed by atoms with Gasteiger partial charge in [-0.3, -0.25) is 0 Å². The van der Waals surface area contributed by atoms with Crippen LogP contribution in [0.25, 0.3) is 11.3 Å². The molecule has 0 bridgehead atoms. The number of aromatic nitrogens is 3. The predicted octanol–water partition coefficient (Wildman–Crippen LogP) is 2.33. The Labute approximate surface area is 118 Å². The first-order valence-corrected chi connectivity index (χ1v) is 6.29. The van der Waals surface area contributed by atoms with Crippen LogP contribution in [0.3, 0.4) is 0 Å². The standard InChI is InChI=1S/C13H16N4O.ClH/c1-9-6-12(18-17-9)11-7-15-8-16-13(11)10-2-4-14-5-3-10;/h6-8,10,14H,2-5H2,1H3;1H. The van der Waals surface area contributed by atoms with E-state index in [1.807, 2.05) is 19.2 Å². The molecule has 0 saturated carbocycles. The molecule has 2 aromatic heterocycles. The average molecular weight is 281 g/mol. The SMILES string of the molecule is Cc1cc(-c2cncnc2C2CCNCC2)on1.Cl. The number of hydrogen-bond donors (Lipinski definition) is 1. The summed E-state index contributed by atoms with van der Waals surface area (Å²) in [4.78, 5) is 8.57. The maximum absolute atomic E-state index is 5.34. The Hall–Kier alpha value is -1.46. The van der Waals surface area contributed by atoms with Gasteiger partial charge in [0.25, 0.3) is 0 Å². The molecule has 3 rings (SSSR count). The molecule has 1 saturated heterocycles.